The Morgan fingerprint density at radius 2 is 1.00 bits per heavy atom. The maximum absolute atomic E-state index is 12.2. The average Bonchev–Trinajstić information content (AvgIpc) is 1.97. The second-order valence-corrected chi connectivity index (χ2v) is 2.40. The minimum absolute atomic E-state index is 2.18. The fourth-order valence-electron chi connectivity index (χ4n) is 0.443. The van der Waals surface area contributed by atoms with E-state index in [0.29, 0.717) is 0 Å². The van der Waals surface area contributed by atoms with Gasteiger partial charge in [0.2, 0.25) is 0 Å². The van der Waals surface area contributed by atoms with Gasteiger partial charge in [-0.2, -0.15) is 22.0 Å². The van der Waals surface area contributed by atoms with Crippen LogP contribution < -0.4 is 0 Å². The van der Waals surface area contributed by atoms with Gasteiger partial charge in [0, 0.05) is 0 Å². The second kappa shape index (κ2) is 4.84. The smallest absolute Gasteiger partial charge is 0.273 e. The van der Waals surface area contributed by atoms with Crippen molar-refractivity contribution >= 4 is 0 Å². The molecular formula is C5H2F10O2. The van der Waals surface area contributed by atoms with E-state index in [1.165, 1.54) is 0 Å². The Bertz CT molecular complexity index is 244. The Morgan fingerprint density at radius 1 is 0.647 bits per heavy atom. The lowest BCUT2D eigenvalue weighted by Gasteiger charge is -2.23. The van der Waals surface area contributed by atoms with Crippen molar-refractivity contribution in [1.29, 1.82) is 0 Å². The van der Waals surface area contributed by atoms with Gasteiger partial charge in [-0.3, -0.25) is 9.47 Å². The molecule has 2 unspecified atom stereocenters. The molecular weight excluding hydrogens is 282 g/mol. The Balaban J connectivity index is 4.50. The molecule has 0 aliphatic rings. The van der Waals surface area contributed by atoms with Gasteiger partial charge < -0.3 is 0 Å². The average molecular weight is 284 g/mol. The van der Waals surface area contributed by atoms with Gasteiger partial charge in [-0.05, 0) is 0 Å². The highest BCUT2D eigenvalue weighted by Crippen LogP contribution is 2.38. The predicted molar refractivity (Wildman–Crippen MR) is 29.0 cm³/mol. The van der Waals surface area contributed by atoms with E-state index < -0.39 is 31.4 Å². The molecule has 12 heteroatoms. The summed E-state index contributed by atoms with van der Waals surface area (Å²) in [6.07, 6.45) is -26.8. The third-order valence-corrected chi connectivity index (χ3v) is 1.04. The second-order valence-electron chi connectivity index (χ2n) is 2.40. The van der Waals surface area contributed by atoms with Gasteiger partial charge in [-0.1, -0.05) is 0 Å². The molecule has 2 atom stereocenters. The number of rotatable bonds is 4. The highest BCUT2D eigenvalue weighted by atomic mass is 19.4. The number of halogens is 10. The predicted octanol–water partition coefficient (Wildman–Crippen LogP) is 3.29. The monoisotopic (exact) mass is 284 g/mol. The summed E-state index contributed by atoms with van der Waals surface area (Å²) in [6.45, 7) is 0. The van der Waals surface area contributed by atoms with Crippen molar-refractivity contribution in [3.63, 3.8) is 0 Å². The van der Waals surface area contributed by atoms with Crippen LogP contribution in [0.2, 0.25) is 0 Å². The lowest BCUT2D eigenvalue weighted by Crippen LogP contribution is -2.44. The molecule has 104 valence electrons. The molecule has 0 aliphatic heterocycles. The molecule has 0 bridgehead atoms. The van der Waals surface area contributed by atoms with Crippen LogP contribution in [0.15, 0.2) is 0 Å². The summed E-state index contributed by atoms with van der Waals surface area (Å²) in [4.78, 5) is 0. The SMILES string of the molecule is FC(OC(F)(F)F)C(F)OC(F)(F)C(F)(F)F. The van der Waals surface area contributed by atoms with Crippen LogP contribution in [0.25, 0.3) is 0 Å². The quantitative estimate of drug-likeness (QED) is 0.737. The van der Waals surface area contributed by atoms with Crippen molar-refractivity contribution in [3.8, 4) is 0 Å². The highest BCUT2D eigenvalue weighted by molar-refractivity contribution is 4.66. The molecule has 0 saturated carbocycles. The maximum Gasteiger partial charge on any atom is 0.525 e. The summed E-state index contributed by atoms with van der Waals surface area (Å²) >= 11 is 0. The summed E-state index contributed by atoms with van der Waals surface area (Å²) in [7, 11) is 0. The summed E-state index contributed by atoms with van der Waals surface area (Å²) in [5.74, 6) is 0. The number of ether oxygens (including phenoxy) is 2. The molecule has 0 radical (unpaired) electrons. The summed E-state index contributed by atoms with van der Waals surface area (Å²) < 4.78 is 120. The van der Waals surface area contributed by atoms with E-state index in [2.05, 4.69) is 9.47 Å². The van der Waals surface area contributed by atoms with Crippen LogP contribution in [0.1, 0.15) is 0 Å². The molecule has 0 aromatic heterocycles. The van der Waals surface area contributed by atoms with Gasteiger partial charge in [0.1, 0.15) is 0 Å². The van der Waals surface area contributed by atoms with Gasteiger partial charge in [-0.15, -0.1) is 13.2 Å². The largest absolute Gasteiger partial charge is 0.525 e. The first-order chi connectivity index (χ1) is 7.26. The lowest BCUT2D eigenvalue weighted by molar-refractivity contribution is -0.442. The van der Waals surface area contributed by atoms with Crippen molar-refractivity contribution < 1.29 is 53.4 Å². The van der Waals surface area contributed by atoms with E-state index >= 15 is 0 Å². The zero-order valence-electron chi connectivity index (χ0n) is 7.25. The van der Waals surface area contributed by atoms with Crippen LogP contribution in [0.3, 0.4) is 0 Å². The van der Waals surface area contributed by atoms with Crippen LogP contribution >= 0.6 is 0 Å². The highest BCUT2D eigenvalue weighted by Gasteiger charge is 2.61. The van der Waals surface area contributed by atoms with Crippen LogP contribution in [0.5, 0.6) is 0 Å². The molecule has 2 nitrogen and oxygen atoms in total. The topological polar surface area (TPSA) is 18.5 Å². The van der Waals surface area contributed by atoms with Gasteiger partial charge in [-0.25, -0.2) is 8.78 Å². The first kappa shape index (κ1) is 16.2. The summed E-state index contributed by atoms with van der Waals surface area (Å²) in [5, 5.41) is 0. The van der Waals surface area contributed by atoms with Crippen molar-refractivity contribution in [2.24, 2.45) is 0 Å². The van der Waals surface area contributed by atoms with Gasteiger partial charge in [0.25, 0.3) is 12.7 Å². The van der Waals surface area contributed by atoms with Gasteiger partial charge >= 0.3 is 18.6 Å². The van der Waals surface area contributed by atoms with E-state index in [-0.39, 0.29) is 0 Å². The fraction of sp³-hybridized carbons (Fsp3) is 1.00. The van der Waals surface area contributed by atoms with Crippen molar-refractivity contribution in [2.45, 2.75) is 31.4 Å². The third-order valence-electron chi connectivity index (χ3n) is 1.04. The van der Waals surface area contributed by atoms with Crippen LogP contribution in [-0.2, 0) is 9.47 Å². The molecule has 0 aromatic carbocycles. The van der Waals surface area contributed by atoms with E-state index in [1.54, 1.807) is 0 Å². The van der Waals surface area contributed by atoms with E-state index in [4.69, 9.17) is 0 Å². The molecule has 0 aliphatic carbocycles. The molecule has 0 fully saturated rings. The van der Waals surface area contributed by atoms with E-state index in [0.717, 1.165) is 0 Å². The molecule has 0 spiro atoms. The number of alkyl halides is 10. The summed E-state index contributed by atoms with van der Waals surface area (Å²) in [6, 6.07) is 0. The molecule has 0 N–H and O–H groups in total. The Labute approximate surface area is 86.1 Å². The third kappa shape index (κ3) is 5.39. The van der Waals surface area contributed by atoms with E-state index in [1.807, 2.05) is 0 Å². The summed E-state index contributed by atoms with van der Waals surface area (Å²) in [5.41, 5.74) is 0. The van der Waals surface area contributed by atoms with E-state index in [9.17, 15) is 43.9 Å². The lowest BCUT2D eigenvalue weighted by atomic mass is 10.6. The Hall–Kier alpha value is -0.780. The number of hydrogen-bond acceptors (Lipinski definition) is 2. The molecule has 0 amide bonds. The van der Waals surface area contributed by atoms with Crippen LogP contribution in [0, 0.1) is 0 Å². The van der Waals surface area contributed by atoms with Crippen molar-refractivity contribution in [2.75, 3.05) is 0 Å². The standard InChI is InChI=1S/C5H2F10O2/c6-1(2(7)17-5(13,14)15)16-4(11,12)3(8,9)10/h1-2H. The first-order valence-corrected chi connectivity index (χ1v) is 3.41. The molecule has 0 aromatic rings. The molecule has 0 rings (SSSR count). The Morgan fingerprint density at radius 3 is 1.29 bits per heavy atom. The Kier molecular flexibility index (Phi) is 4.62. The van der Waals surface area contributed by atoms with Crippen molar-refractivity contribution in [3.05, 3.63) is 0 Å². The molecule has 0 heterocycles. The van der Waals surface area contributed by atoms with Crippen LogP contribution in [-0.4, -0.2) is 31.4 Å². The zero-order valence-corrected chi connectivity index (χ0v) is 7.25. The maximum atomic E-state index is 12.2. The van der Waals surface area contributed by atoms with Gasteiger partial charge in [0.15, 0.2) is 0 Å². The fourth-order valence-corrected chi connectivity index (χ4v) is 0.443. The normalized spacial score (nSPS) is 18.0. The molecule has 0 saturated heterocycles. The zero-order chi connectivity index (χ0) is 14.1. The molecule has 17 heavy (non-hydrogen) atoms. The minimum Gasteiger partial charge on any atom is -0.273 e. The van der Waals surface area contributed by atoms with Gasteiger partial charge in [0.05, 0.1) is 0 Å². The van der Waals surface area contributed by atoms with Crippen molar-refractivity contribution in [1.82, 2.24) is 0 Å². The first-order valence-electron chi connectivity index (χ1n) is 3.41. The number of hydrogen-bond donors (Lipinski definition) is 0. The van der Waals surface area contributed by atoms with Crippen LogP contribution in [0.4, 0.5) is 43.9 Å². The minimum atomic E-state index is -6.41.